The molecule has 1 heterocycles. The largest absolute Gasteiger partial charge is 0.496 e. The van der Waals surface area contributed by atoms with Gasteiger partial charge in [-0.15, -0.1) is 0 Å². The number of alkyl halides is 3. The van der Waals surface area contributed by atoms with Gasteiger partial charge in [-0.05, 0) is 37.6 Å². The van der Waals surface area contributed by atoms with Gasteiger partial charge in [-0.1, -0.05) is 38.1 Å². The maximum Gasteiger partial charge on any atom is 0.410 e. The van der Waals surface area contributed by atoms with E-state index in [0.717, 1.165) is 23.2 Å². The summed E-state index contributed by atoms with van der Waals surface area (Å²) in [4.78, 5) is 20.8. The first kappa shape index (κ1) is 30.9. The third-order valence-electron chi connectivity index (χ3n) is 5.12. The molecule has 0 aliphatic rings. The van der Waals surface area contributed by atoms with Gasteiger partial charge in [0.1, 0.15) is 23.4 Å². The summed E-state index contributed by atoms with van der Waals surface area (Å²) in [6, 6.07) is 8.57. The molecule has 1 aromatic heterocycles. The van der Waals surface area contributed by atoms with Crippen molar-refractivity contribution in [3.05, 3.63) is 65.0 Å². The van der Waals surface area contributed by atoms with Gasteiger partial charge in [0.25, 0.3) is 12.4 Å². The molecule has 0 spiro atoms. The Morgan fingerprint density at radius 1 is 1.22 bits per heavy atom. The van der Waals surface area contributed by atoms with Crippen LogP contribution < -0.4 is 15.8 Å². The molecule has 1 atom stereocenters. The molecule has 1 amide bonds. The summed E-state index contributed by atoms with van der Waals surface area (Å²) >= 11 is 0. The minimum atomic E-state index is -4.48. The monoisotopic (exact) mass is 526 g/mol. The highest BCUT2D eigenvalue weighted by atomic mass is 19.4. The number of carbonyl (C=O) groups is 2. The first-order chi connectivity index (χ1) is 17.4. The molecule has 2 aromatic carbocycles. The van der Waals surface area contributed by atoms with Crippen LogP contribution in [-0.4, -0.2) is 40.6 Å². The number of benzene rings is 2. The second-order valence-electron chi connectivity index (χ2n) is 7.35. The number of anilines is 1. The van der Waals surface area contributed by atoms with Crippen LogP contribution in [0, 0.1) is 12.7 Å². The Kier molecular flexibility index (Phi) is 11.6. The summed E-state index contributed by atoms with van der Waals surface area (Å²) in [6.45, 7) is 6.50. The van der Waals surface area contributed by atoms with Gasteiger partial charge in [0, 0.05) is 17.7 Å². The van der Waals surface area contributed by atoms with Crippen LogP contribution in [0.1, 0.15) is 48.3 Å². The van der Waals surface area contributed by atoms with E-state index in [2.05, 4.69) is 10.4 Å². The van der Waals surface area contributed by atoms with E-state index >= 15 is 0 Å². The second kappa shape index (κ2) is 13.9. The van der Waals surface area contributed by atoms with E-state index in [1.54, 1.807) is 31.2 Å². The third-order valence-corrected chi connectivity index (χ3v) is 5.12. The zero-order valence-corrected chi connectivity index (χ0v) is 21.1. The lowest BCUT2D eigenvalue weighted by atomic mass is 10.1. The number of hydrogen-bond donors (Lipinski definition) is 3. The average Bonchev–Trinajstić information content (AvgIpc) is 3.17. The number of rotatable bonds is 6. The standard InChI is InChI=1S/C22H22F4N4O2.C2H6.CH2O2/c1-12-19(29-30(20(12)27)13(2)22(24,25)26)15-6-4-14(5-7-15)11-28-21(31)17-10-16(23)8-9-18(17)32-3;1-2;2-1-3/h4-10,13H,11,27H2,1-3H3,(H,28,31);1-2H3;1H,(H,2,3). The van der Waals surface area contributed by atoms with Crippen molar-refractivity contribution in [3.8, 4) is 17.0 Å². The van der Waals surface area contributed by atoms with E-state index in [1.807, 2.05) is 13.8 Å². The Hall–Kier alpha value is -4.09. The van der Waals surface area contributed by atoms with Crippen LogP contribution in [0.15, 0.2) is 42.5 Å². The molecule has 0 fully saturated rings. The SMILES string of the molecule is CC.COc1ccc(F)cc1C(=O)NCc1ccc(-c2nn(C(C)C(F)(F)F)c(N)c2C)cc1.O=CO. The predicted molar refractivity (Wildman–Crippen MR) is 132 cm³/mol. The second-order valence-corrected chi connectivity index (χ2v) is 7.35. The lowest BCUT2D eigenvalue weighted by Crippen LogP contribution is -2.25. The molecule has 37 heavy (non-hydrogen) atoms. The Labute approximate surface area is 212 Å². The van der Waals surface area contributed by atoms with Crippen molar-refractivity contribution in [2.24, 2.45) is 0 Å². The van der Waals surface area contributed by atoms with E-state index < -0.39 is 23.9 Å². The van der Waals surface area contributed by atoms with Gasteiger partial charge < -0.3 is 20.9 Å². The number of nitrogens with two attached hydrogens (primary N) is 1. The van der Waals surface area contributed by atoms with Gasteiger partial charge in [0.2, 0.25) is 0 Å². The average molecular weight is 527 g/mol. The van der Waals surface area contributed by atoms with Crippen molar-refractivity contribution < 1.29 is 37.0 Å². The van der Waals surface area contributed by atoms with Crippen molar-refractivity contribution in [2.45, 2.75) is 46.5 Å². The fraction of sp³-hybridized carbons (Fsp3) is 0.320. The van der Waals surface area contributed by atoms with E-state index in [4.69, 9.17) is 20.4 Å². The molecule has 4 N–H and O–H groups in total. The van der Waals surface area contributed by atoms with Crippen LogP contribution in [0.5, 0.6) is 5.75 Å². The highest BCUT2D eigenvalue weighted by molar-refractivity contribution is 5.96. The molecule has 0 radical (unpaired) electrons. The van der Waals surface area contributed by atoms with Crippen LogP contribution in [0.25, 0.3) is 11.3 Å². The smallest absolute Gasteiger partial charge is 0.410 e. The molecule has 202 valence electrons. The molecule has 0 bridgehead atoms. The molecule has 1 unspecified atom stereocenters. The van der Waals surface area contributed by atoms with Crippen LogP contribution in [0.3, 0.4) is 0 Å². The van der Waals surface area contributed by atoms with Gasteiger partial charge in [-0.2, -0.15) is 18.3 Å². The molecular weight excluding hydrogens is 496 g/mol. The van der Waals surface area contributed by atoms with Gasteiger partial charge in [-0.25, -0.2) is 9.07 Å². The van der Waals surface area contributed by atoms with Gasteiger partial charge in [-0.3, -0.25) is 9.59 Å². The molecule has 0 aliphatic heterocycles. The van der Waals surface area contributed by atoms with Gasteiger partial charge >= 0.3 is 6.18 Å². The van der Waals surface area contributed by atoms with Crippen LogP contribution in [-0.2, 0) is 11.3 Å². The topological polar surface area (TPSA) is 119 Å². The van der Waals surface area contributed by atoms with Gasteiger partial charge in [0.05, 0.1) is 18.4 Å². The zero-order chi connectivity index (χ0) is 28.3. The fourth-order valence-electron chi connectivity index (χ4n) is 3.15. The van der Waals surface area contributed by atoms with Crippen molar-refractivity contribution in [3.63, 3.8) is 0 Å². The highest BCUT2D eigenvalue weighted by Gasteiger charge is 2.39. The van der Waals surface area contributed by atoms with Crippen LogP contribution >= 0.6 is 0 Å². The molecule has 12 heteroatoms. The molecular formula is C25H30F4N4O4. The summed E-state index contributed by atoms with van der Waals surface area (Å²) in [5.74, 6) is -0.871. The fourth-order valence-corrected chi connectivity index (χ4v) is 3.15. The zero-order valence-electron chi connectivity index (χ0n) is 21.1. The number of aromatic nitrogens is 2. The minimum Gasteiger partial charge on any atom is -0.496 e. The first-order valence-electron chi connectivity index (χ1n) is 11.1. The number of hydrogen-bond acceptors (Lipinski definition) is 5. The Balaban J connectivity index is 0.00000127. The number of carboxylic acid groups (broad SMARTS) is 1. The summed E-state index contributed by atoms with van der Waals surface area (Å²) in [7, 11) is 1.38. The van der Waals surface area contributed by atoms with Crippen molar-refractivity contribution in [1.82, 2.24) is 15.1 Å². The number of amides is 1. The molecule has 0 aliphatic carbocycles. The Bertz CT molecular complexity index is 1180. The van der Waals surface area contributed by atoms with Crippen LogP contribution in [0.2, 0.25) is 0 Å². The van der Waals surface area contributed by atoms with Gasteiger partial charge in [0.15, 0.2) is 0 Å². The quantitative estimate of drug-likeness (QED) is 0.294. The normalized spacial score (nSPS) is 11.3. The molecule has 8 nitrogen and oxygen atoms in total. The number of carbonyl (C=O) groups excluding carboxylic acids is 1. The Morgan fingerprint density at radius 2 is 1.78 bits per heavy atom. The Morgan fingerprint density at radius 3 is 2.30 bits per heavy atom. The van der Waals surface area contributed by atoms with Crippen LogP contribution in [0.4, 0.5) is 23.4 Å². The number of nitrogens with one attached hydrogen (secondary N) is 1. The first-order valence-corrected chi connectivity index (χ1v) is 11.1. The molecule has 0 saturated heterocycles. The summed E-state index contributed by atoms with van der Waals surface area (Å²) in [5.41, 5.74) is 8.03. The van der Waals surface area contributed by atoms with E-state index in [1.165, 1.54) is 19.2 Å². The number of halogens is 4. The minimum absolute atomic E-state index is 0.0507. The lowest BCUT2D eigenvalue weighted by Gasteiger charge is -2.17. The van der Waals surface area contributed by atoms with Crippen molar-refractivity contribution >= 4 is 18.2 Å². The molecule has 3 aromatic rings. The summed E-state index contributed by atoms with van der Waals surface area (Å²) in [6.07, 6.45) is -4.48. The molecule has 3 rings (SSSR count). The maximum atomic E-state index is 13.5. The highest BCUT2D eigenvalue weighted by Crippen LogP contribution is 2.35. The third kappa shape index (κ3) is 7.95. The van der Waals surface area contributed by atoms with Crippen molar-refractivity contribution in [2.75, 3.05) is 12.8 Å². The van der Waals surface area contributed by atoms with E-state index in [-0.39, 0.29) is 30.1 Å². The number of methoxy groups -OCH3 is 1. The summed E-state index contributed by atoms with van der Waals surface area (Å²) < 4.78 is 58.5. The number of nitrogens with zero attached hydrogens (tertiary/aromatic N) is 2. The van der Waals surface area contributed by atoms with E-state index in [9.17, 15) is 22.4 Å². The predicted octanol–water partition coefficient (Wildman–Crippen LogP) is 5.37. The van der Waals surface area contributed by atoms with Crippen molar-refractivity contribution in [1.29, 1.82) is 0 Å². The maximum absolute atomic E-state index is 13.5. The van der Waals surface area contributed by atoms with E-state index in [0.29, 0.717) is 16.8 Å². The lowest BCUT2D eigenvalue weighted by molar-refractivity contribution is -0.164. The number of nitrogen functional groups attached to an aromatic ring is 1. The summed E-state index contributed by atoms with van der Waals surface area (Å²) in [5, 5.41) is 13.6. The molecule has 0 saturated carbocycles. The number of ether oxygens (including phenoxy) is 1.